The van der Waals surface area contributed by atoms with Crippen molar-refractivity contribution in [2.24, 2.45) is 0 Å². The molecule has 0 unspecified atom stereocenters. The fourth-order valence-corrected chi connectivity index (χ4v) is 3.61. The van der Waals surface area contributed by atoms with Crippen LogP contribution in [-0.4, -0.2) is 21.8 Å². The molecule has 1 aliphatic rings. The Morgan fingerprint density at radius 3 is 2.34 bits per heavy atom. The third kappa shape index (κ3) is 4.54. The highest BCUT2D eigenvalue weighted by atomic mass is 16.2. The summed E-state index contributed by atoms with van der Waals surface area (Å²) in [6.45, 7) is 6.15. The van der Waals surface area contributed by atoms with Gasteiger partial charge in [0.25, 0.3) is 5.56 Å². The first-order valence-corrected chi connectivity index (χ1v) is 10.5. The standard InChI is InChI=1S/C24H25N5O3/c1-13(2)15-6-10-16(11-7-15)25-22(31)18-12-19(30)27-21-20(18)23(32)29-24(28-21)26-17-8-4-14(3)5-9-17/h4-11,13,18H,12H2,1-3H3,(H,25,31)(H3,26,27,28,29,30,32)/t18-/m0/s1. The van der Waals surface area contributed by atoms with Crippen molar-refractivity contribution in [3.8, 4) is 0 Å². The lowest BCUT2D eigenvalue weighted by Crippen LogP contribution is -2.36. The van der Waals surface area contributed by atoms with E-state index in [-0.39, 0.29) is 29.7 Å². The number of nitrogens with zero attached hydrogens (tertiary/aromatic N) is 1. The largest absolute Gasteiger partial charge is 0.326 e. The first kappa shape index (κ1) is 21.3. The molecule has 4 rings (SSSR count). The second kappa shape index (κ2) is 8.66. The summed E-state index contributed by atoms with van der Waals surface area (Å²) in [5, 5.41) is 8.44. The van der Waals surface area contributed by atoms with Gasteiger partial charge in [-0.1, -0.05) is 43.7 Å². The molecule has 1 aliphatic heterocycles. The van der Waals surface area contributed by atoms with Crippen LogP contribution in [0.2, 0.25) is 0 Å². The number of amides is 2. The number of anilines is 4. The van der Waals surface area contributed by atoms with Crippen LogP contribution in [0.15, 0.2) is 53.3 Å². The molecule has 0 aliphatic carbocycles. The van der Waals surface area contributed by atoms with Crippen molar-refractivity contribution in [2.75, 3.05) is 16.0 Å². The number of nitrogens with one attached hydrogen (secondary N) is 4. The van der Waals surface area contributed by atoms with Gasteiger partial charge in [0.15, 0.2) is 0 Å². The Kier molecular flexibility index (Phi) is 5.77. The van der Waals surface area contributed by atoms with Gasteiger partial charge in [0, 0.05) is 17.8 Å². The van der Waals surface area contributed by atoms with E-state index in [0.29, 0.717) is 11.6 Å². The summed E-state index contributed by atoms with van der Waals surface area (Å²) in [5.41, 5.74) is 3.27. The third-order valence-corrected chi connectivity index (χ3v) is 5.43. The number of aromatic amines is 1. The molecule has 8 nitrogen and oxygen atoms in total. The lowest BCUT2D eigenvalue weighted by atomic mass is 9.92. The summed E-state index contributed by atoms with van der Waals surface area (Å²) >= 11 is 0. The number of hydrogen-bond acceptors (Lipinski definition) is 5. The molecule has 3 aromatic rings. The molecule has 164 valence electrons. The molecule has 1 aromatic heterocycles. The number of fused-ring (bicyclic) bond motifs is 1. The Morgan fingerprint density at radius 1 is 1.03 bits per heavy atom. The first-order chi connectivity index (χ1) is 15.3. The van der Waals surface area contributed by atoms with E-state index in [1.165, 1.54) is 0 Å². The van der Waals surface area contributed by atoms with Gasteiger partial charge in [-0.2, -0.15) is 4.98 Å². The van der Waals surface area contributed by atoms with Gasteiger partial charge in [0.2, 0.25) is 17.8 Å². The van der Waals surface area contributed by atoms with Crippen LogP contribution < -0.4 is 21.5 Å². The molecular weight excluding hydrogens is 406 g/mol. The minimum Gasteiger partial charge on any atom is -0.326 e. The molecule has 0 fully saturated rings. The fraction of sp³-hybridized carbons (Fsp3) is 0.250. The zero-order valence-corrected chi connectivity index (χ0v) is 18.2. The minimum absolute atomic E-state index is 0.0925. The van der Waals surface area contributed by atoms with Gasteiger partial charge in [-0.25, -0.2) is 0 Å². The SMILES string of the molecule is Cc1ccc(Nc2nc3c(c(=O)[nH]2)[C@@H](C(=O)Nc2ccc(C(C)C)cc2)CC(=O)N3)cc1. The van der Waals surface area contributed by atoms with E-state index < -0.39 is 17.4 Å². The number of hydrogen-bond donors (Lipinski definition) is 4. The van der Waals surface area contributed by atoms with Crippen LogP contribution in [0, 0.1) is 6.92 Å². The average Bonchev–Trinajstić information content (AvgIpc) is 2.75. The smallest absolute Gasteiger partial charge is 0.258 e. The molecule has 0 saturated carbocycles. The Morgan fingerprint density at radius 2 is 1.69 bits per heavy atom. The van der Waals surface area contributed by atoms with Crippen LogP contribution in [0.5, 0.6) is 0 Å². The summed E-state index contributed by atoms with van der Waals surface area (Å²) in [6, 6.07) is 15.1. The van der Waals surface area contributed by atoms with E-state index in [2.05, 4.69) is 39.8 Å². The predicted molar refractivity (Wildman–Crippen MR) is 124 cm³/mol. The van der Waals surface area contributed by atoms with Crippen molar-refractivity contribution < 1.29 is 9.59 Å². The molecule has 0 saturated heterocycles. The number of benzene rings is 2. The van der Waals surface area contributed by atoms with Gasteiger partial charge in [-0.05, 0) is 42.7 Å². The molecule has 2 heterocycles. The maximum absolute atomic E-state index is 13.0. The topological polar surface area (TPSA) is 116 Å². The van der Waals surface area contributed by atoms with Crippen LogP contribution in [0.1, 0.15) is 48.8 Å². The Balaban J connectivity index is 1.59. The number of aryl methyl sites for hydroxylation is 1. The van der Waals surface area contributed by atoms with Crippen molar-refractivity contribution in [1.29, 1.82) is 0 Å². The zero-order valence-electron chi connectivity index (χ0n) is 18.2. The monoisotopic (exact) mass is 431 g/mol. The van der Waals surface area contributed by atoms with Crippen LogP contribution in [0.3, 0.4) is 0 Å². The average molecular weight is 431 g/mol. The van der Waals surface area contributed by atoms with Crippen molar-refractivity contribution >= 4 is 35.0 Å². The molecule has 0 bridgehead atoms. The van der Waals surface area contributed by atoms with E-state index in [4.69, 9.17) is 0 Å². The van der Waals surface area contributed by atoms with Crippen LogP contribution in [-0.2, 0) is 9.59 Å². The molecule has 0 spiro atoms. The van der Waals surface area contributed by atoms with Gasteiger partial charge in [-0.15, -0.1) is 0 Å². The molecule has 0 radical (unpaired) electrons. The van der Waals surface area contributed by atoms with E-state index >= 15 is 0 Å². The lowest BCUT2D eigenvalue weighted by Gasteiger charge is -2.23. The maximum Gasteiger partial charge on any atom is 0.258 e. The van der Waals surface area contributed by atoms with E-state index in [9.17, 15) is 14.4 Å². The van der Waals surface area contributed by atoms with Crippen LogP contribution in [0.25, 0.3) is 0 Å². The van der Waals surface area contributed by atoms with E-state index in [0.717, 1.165) is 16.8 Å². The number of carbonyl (C=O) groups excluding carboxylic acids is 2. The Hall–Kier alpha value is -3.94. The Bertz CT molecular complexity index is 1210. The van der Waals surface area contributed by atoms with Crippen molar-refractivity contribution in [1.82, 2.24) is 9.97 Å². The molecule has 32 heavy (non-hydrogen) atoms. The summed E-state index contributed by atoms with van der Waals surface area (Å²) in [7, 11) is 0. The first-order valence-electron chi connectivity index (χ1n) is 10.5. The van der Waals surface area contributed by atoms with E-state index in [1.807, 2.05) is 55.5 Å². The van der Waals surface area contributed by atoms with Gasteiger partial charge in [-0.3, -0.25) is 19.4 Å². The summed E-state index contributed by atoms with van der Waals surface area (Å²) < 4.78 is 0. The van der Waals surface area contributed by atoms with Crippen molar-refractivity contribution in [3.05, 3.63) is 75.6 Å². The minimum atomic E-state index is -0.937. The third-order valence-electron chi connectivity index (χ3n) is 5.43. The second-order valence-electron chi connectivity index (χ2n) is 8.24. The fourth-order valence-electron chi connectivity index (χ4n) is 3.61. The lowest BCUT2D eigenvalue weighted by molar-refractivity contribution is -0.123. The molecule has 2 aromatic carbocycles. The van der Waals surface area contributed by atoms with Gasteiger partial charge >= 0.3 is 0 Å². The molecule has 2 amide bonds. The molecule has 4 N–H and O–H groups in total. The normalized spacial score (nSPS) is 15.1. The van der Waals surface area contributed by atoms with Gasteiger partial charge in [0.05, 0.1) is 11.5 Å². The van der Waals surface area contributed by atoms with Gasteiger partial charge < -0.3 is 16.0 Å². The Labute approximate surface area is 185 Å². The van der Waals surface area contributed by atoms with E-state index in [1.54, 1.807) is 0 Å². The van der Waals surface area contributed by atoms with Crippen molar-refractivity contribution in [3.63, 3.8) is 0 Å². The molecule has 8 heteroatoms. The molecular formula is C24H25N5O3. The highest BCUT2D eigenvalue weighted by Gasteiger charge is 2.34. The summed E-state index contributed by atoms with van der Waals surface area (Å²) in [5.74, 6) is -1.08. The number of aromatic nitrogens is 2. The predicted octanol–water partition coefficient (Wildman–Crippen LogP) is 4.01. The summed E-state index contributed by atoms with van der Waals surface area (Å²) in [6.07, 6.45) is -0.127. The quantitative estimate of drug-likeness (QED) is 0.487. The number of H-pyrrole nitrogens is 1. The molecule has 1 atom stereocenters. The number of rotatable bonds is 5. The second-order valence-corrected chi connectivity index (χ2v) is 8.24. The number of carbonyl (C=O) groups is 2. The highest BCUT2D eigenvalue weighted by Crippen LogP contribution is 2.30. The van der Waals surface area contributed by atoms with Crippen LogP contribution >= 0.6 is 0 Å². The summed E-state index contributed by atoms with van der Waals surface area (Å²) in [4.78, 5) is 45.1. The van der Waals surface area contributed by atoms with Gasteiger partial charge in [0.1, 0.15) is 5.82 Å². The highest BCUT2D eigenvalue weighted by molar-refractivity contribution is 6.04. The van der Waals surface area contributed by atoms with Crippen molar-refractivity contribution in [2.45, 2.75) is 39.0 Å². The zero-order chi connectivity index (χ0) is 22.8. The van der Waals surface area contributed by atoms with Crippen LogP contribution in [0.4, 0.5) is 23.1 Å². The maximum atomic E-state index is 13.0.